The number of halogens is 2. The van der Waals surface area contributed by atoms with Crippen LogP contribution >= 0.6 is 39.9 Å². The summed E-state index contributed by atoms with van der Waals surface area (Å²) in [5.74, 6) is 1.42. The number of carbonyl (C=O) groups excluding carboxylic acids is 1. The topological polar surface area (TPSA) is 74.8 Å². The van der Waals surface area contributed by atoms with E-state index in [4.69, 9.17) is 4.74 Å². The number of aliphatic imine (C=N–C) groups is 1. The second-order valence-corrected chi connectivity index (χ2v) is 6.76. The highest BCUT2D eigenvalue weighted by atomic mass is 127. The maximum atomic E-state index is 12.1. The Balaban J connectivity index is 0.00000392. The van der Waals surface area contributed by atoms with Gasteiger partial charge in [0.05, 0.1) is 6.54 Å². The molecular weight excluding hydrogens is 535 g/mol. The molecule has 0 saturated heterocycles. The number of aryl methyl sites for hydroxylation is 1. The van der Waals surface area contributed by atoms with E-state index in [9.17, 15) is 4.79 Å². The number of para-hydroxylation sites is 1. The van der Waals surface area contributed by atoms with Crippen LogP contribution in [0.4, 0.5) is 5.69 Å². The average molecular weight is 561 g/mol. The lowest BCUT2D eigenvalue weighted by atomic mass is 10.2. The van der Waals surface area contributed by atoms with E-state index in [0.717, 1.165) is 21.5 Å². The first-order valence-corrected chi connectivity index (χ1v) is 9.56. The van der Waals surface area contributed by atoms with E-state index in [-0.39, 0.29) is 29.9 Å². The van der Waals surface area contributed by atoms with Crippen molar-refractivity contribution in [2.45, 2.75) is 13.3 Å². The minimum Gasteiger partial charge on any atom is -0.492 e. The first kappa shape index (κ1) is 24.2. The quantitative estimate of drug-likeness (QED) is 0.198. The van der Waals surface area contributed by atoms with Gasteiger partial charge >= 0.3 is 0 Å². The number of hydrogen-bond donors (Lipinski definition) is 3. The van der Waals surface area contributed by atoms with E-state index in [1.807, 2.05) is 55.5 Å². The van der Waals surface area contributed by atoms with Crippen molar-refractivity contribution in [1.29, 1.82) is 0 Å². The third kappa shape index (κ3) is 8.92. The Morgan fingerprint density at radius 1 is 1.11 bits per heavy atom. The second kappa shape index (κ2) is 13.4. The predicted molar refractivity (Wildman–Crippen MR) is 129 cm³/mol. The molecule has 0 fully saturated rings. The number of rotatable bonds is 8. The van der Waals surface area contributed by atoms with Gasteiger partial charge in [-0.25, -0.2) is 0 Å². The van der Waals surface area contributed by atoms with Crippen LogP contribution in [0.2, 0.25) is 0 Å². The molecule has 0 unspecified atom stereocenters. The van der Waals surface area contributed by atoms with Crippen LogP contribution in [0, 0.1) is 6.92 Å². The molecule has 0 bridgehead atoms. The zero-order valence-electron chi connectivity index (χ0n) is 16.0. The molecule has 0 heterocycles. The van der Waals surface area contributed by atoms with Crippen LogP contribution < -0.4 is 20.7 Å². The highest BCUT2D eigenvalue weighted by Gasteiger charge is 2.06. The number of nitrogens with zero attached hydrogens (tertiary/aromatic N) is 1. The number of guanidine groups is 1. The number of carbonyl (C=O) groups is 1. The lowest BCUT2D eigenvalue weighted by molar-refractivity contribution is -0.116. The van der Waals surface area contributed by atoms with Crippen LogP contribution in [0.1, 0.15) is 12.0 Å². The summed E-state index contributed by atoms with van der Waals surface area (Å²) in [4.78, 5) is 16.3. The lowest BCUT2D eigenvalue weighted by Gasteiger charge is -2.13. The van der Waals surface area contributed by atoms with Gasteiger partial charge in [-0.05, 0) is 36.8 Å². The maximum Gasteiger partial charge on any atom is 0.226 e. The monoisotopic (exact) mass is 560 g/mol. The van der Waals surface area contributed by atoms with Crippen LogP contribution in [0.3, 0.4) is 0 Å². The summed E-state index contributed by atoms with van der Waals surface area (Å²) in [5, 5.41) is 9.20. The van der Waals surface area contributed by atoms with Crippen LogP contribution in [0.5, 0.6) is 5.75 Å². The summed E-state index contributed by atoms with van der Waals surface area (Å²) in [6, 6.07) is 15.5. The molecule has 0 aliphatic heterocycles. The normalized spacial score (nSPS) is 10.6. The van der Waals surface area contributed by atoms with Crippen LogP contribution in [-0.4, -0.2) is 38.6 Å². The Labute approximate surface area is 191 Å². The summed E-state index contributed by atoms with van der Waals surface area (Å²) in [6.07, 6.45) is 0.340. The fourth-order valence-electron chi connectivity index (χ4n) is 2.31. The van der Waals surface area contributed by atoms with Crippen molar-refractivity contribution in [1.82, 2.24) is 10.6 Å². The van der Waals surface area contributed by atoms with Gasteiger partial charge in [0.2, 0.25) is 5.91 Å². The summed E-state index contributed by atoms with van der Waals surface area (Å²) in [6.45, 7) is 3.58. The van der Waals surface area contributed by atoms with Crippen molar-refractivity contribution >= 4 is 57.5 Å². The maximum absolute atomic E-state index is 12.1. The molecule has 8 heteroatoms. The molecule has 0 saturated carbocycles. The van der Waals surface area contributed by atoms with Crippen molar-refractivity contribution in [3.8, 4) is 5.75 Å². The van der Waals surface area contributed by atoms with Gasteiger partial charge in [0, 0.05) is 30.2 Å². The number of benzene rings is 2. The van der Waals surface area contributed by atoms with E-state index in [0.29, 0.717) is 32.1 Å². The van der Waals surface area contributed by atoms with Gasteiger partial charge in [-0.1, -0.05) is 40.2 Å². The fourth-order valence-corrected chi connectivity index (χ4v) is 2.67. The number of anilines is 1. The lowest BCUT2D eigenvalue weighted by Crippen LogP contribution is -2.40. The van der Waals surface area contributed by atoms with Crippen molar-refractivity contribution < 1.29 is 9.53 Å². The SMILES string of the molecule is CN=C(NCCOc1ccccc1)NCCC(=O)Nc1cc(Br)ccc1C.I. The van der Waals surface area contributed by atoms with Gasteiger partial charge in [-0.3, -0.25) is 9.79 Å². The fraction of sp³-hybridized carbons (Fsp3) is 0.300. The molecule has 0 aliphatic rings. The molecule has 6 nitrogen and oxygen atoms in total. The molecule has 0 aromatic heterocycles. The molecule has 28 heavy (non-hydrogen) atoms. The molecule has 2 aromatic rings. The second-order valence-electron chi connectivity index (χ2n) is 5.84. The molecule has 2 aromatic carbocycles. The van der Waals surface area contributed by atoms with Crippen molar-refractivity contribution in [2.75, 3.05) is 32.1 Å². The summed E-state index contributed by atoms with van der Waals surface area (Å²) < 4.78 is 6.55. The highest BCUT2D eigenvalue weighted by molar-refractivity contribution is 14.0. The van der Waals surface area contributed by atoms with E-state index in [1.54, 1.807) is 7.05 Å². The molecule has 1 amide bonds. The molecule has 0 atom stereocenters. The van der Waals surface area contributed by atoms with Gasteiger partial charge in [-0.15, -0.1) is 24.0 Å². The van der Waals surface area contributed by atoms with Gasteiger partial charge in [0.25, 0.3) is 0 Å². The third-order valence-electron chi connectivity index (χ3n) is 3.75. The summed E-state index contributed by atoms with van der Waals surface area (Å²) in [5.41, 5.74) is 1.84. The van der Waals surface area contributed by atoms with Gasteiger partial charge < -0.3 is 20.7 Å². The van der Waals surface area contributed by atoms with Gasteiger partial charge in [0.1, 0.15) is 12.4 Å². The number of amides is 1. The summed E-state index contributed by atoms with van der Waals surface area (Å²) in [7, 11) is 1.69. The number of hydrogen-bond acceptors (Lipinski definition) is 3. The molecule has 0 aliphatic carbocycles. The van der Waals surface area contributed by atoms with Crippen LogP contribution in [0.15, 0.2) is 58.0 Å². The Bertz CT molecular complexity index is 772. The smallest absolute Gasteiger partial charge is 0.226 e. The Morgan fingerprint density at radius 3 is 2.54 bits per heavy atom. The molecule has 2 rings (SSSR count). The largest absolute Gasteiger partial charge is 0.492 e. The molecule has 3 N–H and O–H groups in total. The minimum absolute atomic E-state index is 0. The summed E-state index contributed by atoms with van der Waals surface area (Å²) >= 11 is 3.41. The molecule has 0 spiro atoms. The van der Waals surface area contributed by atoms with E-state index in [2.05, 4.69) is 36.9 Å². The van der Waals surface area contributed by atoms with Gasteiger partial charge in [-0.2, -0.15) is 0 Å². The Morgan fingerprint density at radius 2 is 1.82 bits per heavy atom. The Hall–Kier alpha value is -1.81. The Kier molecular flexibility index (Phi) is 11.6. The van der Waals surface area contributed by atoms with Crippen LogP contribution in [-0.2, 0) is 4.79 Å². The molecular formula is C20H26BrIN4O2. The van der Waals surface area contributed by atoms with E-state index in [1.165, 1.54) is 0 Å². The standard InChI is InChI=1S/C20H25BrN4O2.HI/c1-15-8-9-16(21)14-18(15)25-19(26)10-11-23-20(22-2)24-12-13-27-17-6-4-3-5-7-17;/h3-9,14H,10-13H2,1-2H3,(H,25,26)(H2,22,23,24);1H. The first-order chi connectivity index (χ1) is 13.1. The van der Waals surface area contributed by atoms with Crippen molar-refractivity contribution in [3.63, 3.8) is 0 Å². The first-order valence-electron chi connectivity index (χ1n) is 8.77. The number of nitrogens with one attached hydrogen (secondary N) is 3. The predicted octanol–water partition coefficient (Wildman–Crippen LogP) is 3.95. The van der Waals surface area contributed by atoms with Gasteiger partial charge in [0.15, 0.2) is 5.96 Å². The molecule has 0 radical (unpaired) electrons. The number of ether oxygens (including phenoxy) is 1. The van der Waals surface area contributed by atoms with Crippen molar-refractivity contribution in [3.05, 3.63) is 58.6 Å². The minimum atomic E-state index is -0.0495. The average Bonchev–Trinajstić information content (AvgIpc) is 2.67. The van der Waals surface area contributed by atoms with E-state index < -0.39 is 0 Å². The zero-order valence-corrected chi connectivity index (χ0v) is 19.9. The van der Waals surface area contributed by atoms with E-state index >= 15 is 0 Å². The molecule has 152 valence electrons. The third-order valence-corrected chi connectivity index (χ3v) is 4.24. The van der Waals surface area contributed by atoms with Crippen molar-refractivity contribution in [2.24, 2.45) is 4.99 Å². The zero-order chi connectivity index (χ0) is 19.5. The highest BCUT2D eigenvalue weighted by Crippen LogP contribution is 2.20. The van der Waals surface area contributed by atoms with Crippen LogP contribution in [0.25, 0.3) is 0 Å².